The Kier molecular flexibility index (Phi) is 9.14. The number of rotatable bonds is 9. The monoisotopic (exact) mass is 619 g/mol. The van der Waals surface area contributed by atoms with E-state index >= 15 is 0 Å². The molecule has 2 unspecified atom stereocenters. The van der Waals surface area contributed by atoms with Crippen molar-refractivity contribution in [3.63, 3.8) is 0 Å². The predicted molar refractivity (Wildman–Crippen MR) is 168 cm³/mol. The van der Waals surface area contributed by atoms with Gasteiger partial charge in [0.1, 0.15) is 11.5 Å². The minimum absolute atomic E-state index is 0.00844. The summed E-state index contributed by atoms with van der Waals surface area (Å²) in [6.07, 6.45) is 7.11. The second-order valence-electron chi connectivity index (χ2n) is 11.6. The Balaban J connectivity index is 1.09. The van der Waals surface area contributed by atoms with Crippen molar-refractivity contribution in [1.82, 2.24) is 24.0 Å². The van der Waals surface area contributed by atoms with Crippen LogP contribution in [-0.2, 0) is 0 Å². The zero-order chi connectivity index (χ0) is 29.9. The average molecular weight is 620 g/mol. The van der Waals surface area contributed by atoms with Crippen LogP contribution in [0.3, 0.4) is 0 Å². The molecule has 2 aliphatic heterocycles. The molecule has 6 rings (SSSR count). The van der Waals surface area contributed by atoms with Gasteiger partial charge in [-0.25, -0.2) is 9.07 Å². The lowest BCUT2D eigenvalue weighted by Gasteiger charge is -2.44. The number of hydrogen-bond acceptors (Lipinski definition) is 7. The smallest absolute Gasteiger partial charge is 0.196 e. The van der Waals surface area contributed by atoms with Crippen molar-refractivity contribution in [2.24, 2.45) is 5.92 Å². The van der Waals surface area contributed by atoms with Crippen LogP contribution < -0.4 is 0 Å². The fourth-order valence-electron chi connectivity index (χ4n) is 6.53. The van der Waals surface area contributed by atoms with E-state index in [9.17, 15) is 14.0 Å². The number of Topliss-reactive ketones (excluding diaryl/α,β-unsaturated/α-hetero) is 2. The number of carbonyl (C=O) groups is 2. The van der Waals surface area contributed by atoms with Crippen molar-refractivity contribution in [3.8, 4) is 16.1 Å². The van der Waals surface area contributed by atoms with Crippen molar-refractivity contribution >= 4 is 34.7 Å². The first-order valence-corrected chi connectivity index (χ1v) is 16.1. The van der Waals surface area contributed by atoms with Crippen LogP contribution in [0.5, 0.6) is 0 Å². The highest BCUT2D eigenvalue weighted by Crippen LogP contribution is 2.31. The molecule has 43 heavy (non-hydrogen) atoms. The number of aromatic nitrogens is 3. The second-order valence-corrected chi connectivity index (χ2v) is 12.9. The summed E-state index contributed by atoms with van der Waals surface area (Å²) in [5.41, 5.74) is 3.67. The molecular formula is C33H35ClFN5O2S. The van der Waals surface area contributed by atoms with Crippen molar-refractivity contribution < 1.29 is 14.0 Å². The maximum atomic E-state index is 13.6. The number of nitrogens with zero attached hydrogens (tertiary/aromatic N) is 5. The van der Waals surface area contributed by atoms with E-state index in [1.54, 1.807) is 23.0 Å². The number of likely N-dealkylation sites (tertiary alicyclic amines) is 2. The second kappa shape index (κ2) is 13.2. The Morgan fingerprint density at radius 2 is 1.77 bits per heavy atom. The lowest BCUT2D eigenvalue weighted by molar-refractivity contribution is 0.0479. The van der Waals surface area contributed by atoms with E-state index in [4.69, 9.17) is 11.6 Å². The minimum Gasteiger partial charge on any atom is -0.295 e. The highest BCUT2D eigenvalue weighted by Gasteiger charge is 2.35. The highest BCUT2D eigenvalue weighted by molar-refractivity contribution is 7.09. The van der Waals surface area contributed by atoms with Crippen molar-refractivity contribution in [3.05, 3.63) is 88.6 Å². The molecule has 2 atom stereocenters. The summed E-state index contributed by atoms with van der Waals surface area (Å²) in [4.78, 5) is 32.2. The lowest BCUT2D eigenvalue weighted by Crippen LogP contribution is -2.51. The zero-order valence-electron chi connectivity index (χ0n) is 24.2. The van der Waals surface area contributed by atoms with Crippen molar-refractivity contribution in [2.75, 3.05) is 32.7 Å². The Bertz CT molecular complexity index is 1590. The molecule has 0 aliphatic carbocycles. The normalized spacial score (nSPS) is 19.9. The molecule has 0 saturated carbocycles. The Morgan fingerprint density at radius 1 is 0.977 bits per heavy atom. The molecule has 0 bridgehead atoms. The molecule has 2 aromatic carbocycles. The third kappa shape index (κ3) is 6.80. The van der Waals surface area contributed by atoms with Gasteiger partial charge in [-0.1, -0.05) is 30.2 Å². The molecule has 2 fully saturated rings. The van der Waals surface area contributed by atoms with E-state index in [1.807, 2.05) is 37.3 Å². The van der Waals surface area contributed by atoms with E-state index in [0.717, 1.165) is 73.6 Å². The molecule has 10 heteroatoms. The molecule has 224 valence electrons. The summed E-state index contributed by atoms with van der Waals surface area (Å²) in [7, 11) is 0. The summed E-state index contributed by atoms with van der Waals surface area (Å²) in [6.45, 7) is 5.26. The fourth-order valence-corrected chi connectivity index (χ4v) is 7.42. The van der Waals surface area contributed by atoms with Gasteiger partial charge >= 0.3 is 0 Å². The number of carbonyl (C=O) groups excluding carboxylic acids is 2. The SMILES string of the molecule is Cc1c(C(=O)CN2CCCCC2C2CCCN(CC(=O)c3cc(-c4ccc(F)cc4)sn3)C2)cnn1-c1ccc(Cl)cc1. The van der Waals surface area contributed by atoms with E-state index in [-0.39, 0.29) is 17.4 Å². The van der Waals surface area contributed by atoms with Gasteiger partial charge < -0.3 is 0 Å². The quantitative estimate of drug-likeness (QED) is 0.194. The van der Waals surface area contributed by atoms with Crippen LogP contribution >= 0.6 is 23.1 Å². The topological polar surface area (TPSA) is 71.3 Å². The van der Waals surface area contributed by atoms with Gasteiger partial charge in [0, 0.05) is 17.6 Å². The largest absolute Gasteiger partial charge is 0.295 e. The molecule has 0 spiro atoms. The standard InChI is InChI=1S/C33H35ClFN5O2S/c1-22-28(18-36-40(22)27-13-9-25(34)10-14-27)31(41)21-39-16-3-2-6-30(39)24-5-4-15-38(19-24)20-32(42)29-17-33(43-37-29)23-7-11-26(35)12-8-23/h7-14,17-18,24,30H,2-6,15-16,19-21H2,1H3. The van der Waals surface area contributed by atoms with Gasteiger partial charge in [-0.15, -0.1) is 0 Å². The van der Waals surface area contributed by atoms with Gasteiger partial charge in [-0.3, -0.25) is 19.4 Å². The molecule has 2 aliphatic rings. The molecule has 4 heterocycles. The third-order valence-corrected chi connectivity index (χ3v) is 9.86. The molecule has 0 radical (unpaired) electrons. The number of halogens is 2. The summed E-state index contributed by atoms with van der Waals surface area (Å²) >= 11 is 7.31. The molecule has 4 aromatic rings. The first-order chi connectivity index (χ1) is 20.9. The zero-order valence-corrected chi connectivity index (χ0v) is 25.8. The van der Waals surface area contributed by atoms with Gasteiger partial charge in [-0.2, -0.15) is 9.47 Å². The van der Waals surface area contributed by atoms with E-state index < -0.39 is 0 Å². The Hall–Kier alpha value is -3.24. The first-order valence-electron chi connectivity index (χ1n) is 14.9. The van der Waals surface area contributed by atoms with E-state index in [0.29, 0.717) is 41.3 Å². The predicted octanol–water partition coefficient (Wildman–Crippen LogP) is 6.73. The van der Waals surface area contributed by atoms with E-state index in [1.165, 1.54) is 23.7 Å². The highest BCUT2D eigenvalue weighted by atomic mass is 35.5. The fraction of sp³-hybridized carbons (Fsp3) is 0.394. The summed E-state index contributed by atoms with van der Waals surface area (Å²) < 4.78 is 19.5. The lowest BCUT2D eigenvalue weighted by atomic mass is 9.84. The molecular weight excluding hydrogens is 585 g/mol. The number of benzene rings is 2. The maximum absolute atomic E-state index is 13.6. The Morgan fingerprint density at radius 3 is 2.56 bits per heavy atom. The van der Waals surface area contributed by atoms with Gasteiger partial charge in [0.25, 0.3) is 0 Å². The van der Waals surface area contributed by atoms with E-state index in [2.05, 4.69) is 19.3 Å². The van der Waals surface area contributed by atoms with Gasteiger partial charge in [0.05, 0.1) is 41.1 Å². The molecule has 0 amide bonds. The molecule has 0 N–H and O–H groups in total. The molecule has 2 saturated heterocycles. The summed E-state index contributed by atoms with van der Waals surface area (Å²) in [5.74, 6) is 0.213. The van der Waals surface area contributed by atoms with Crippen LogP contribution in [-0.4, -0.2) is 74.3 Å². The van der Waals surface area contributed by atoms with Crippen LogP contribution in [0.4, 0.5) is 4.39 Å². The van der Waals surface area contributed by atoms with Gasteiger partial charge in [-0.05, 0) is 111 Å². The van der Waals surface area contributed by atoms with Crippen molar-refractivity contribution in [2.45, 2.75) is 45.1 Å². The number of ketones is 2. The summed E-state index contributed by atoms with van der Waals surface area (Å²) in [5, 5.41) is 5.16. The van der Waals surface area contributed by atoms with Crippen LogP contribution in [0.25, 0.3) is 16.1 Å². The van der Waals surface area contributed by atoms with Crippen LogP contribution in [0.1, 0.15) is 58.6 Å². The average Bonchev–Trinajstić information content (AvgIpc) is 3.66. The first kappa shape index (κ1) is 29.8. The number of piperidine rings is 2. The summed E-state index contributed by atoms with van der Waals surface area (Å²) in [6, 6.07) is 15.8. The van der Waals surface area contributed by atoms with Crippen LogP contribution in [0.2, 0.25) is 5.02 Å². The molecule has 7 nitrogen and oxygen atoms in total. The van der Waals surface area contributed by atoms with Crippen molar-refractivity contribution in [1.29, 1.82) is 0 Å². The Labute approximate surface area is 260 Å². The molecule has 2 aromatic heterocycles. The van der Waals surface area contributed by atoms with Gasteiger partial charge in [0.15, 0.2) is 11.6 Å². The number of hydrogen-bond donors (Lipinski definition) is 0. The van der Waals surface area contributed by atoms with Crippen LogP contribution in [0.15, 0.2) is 60.8 Å². The maximum Gasteiger partial charge on any atom is 0.196 e. The minimum atomic E-state index is -0.287. The third-order valence-electron chi connectivity index (χ3n) is 8.77. The van der Waals surface area contributed by atoms with Crippen LogP contribution in [0, 0.1) is 18.7 Å². The van der Waals surface area contributed by atoms with Gasteiger partial charge in [0.2, 0.25) is 0 Å².